The zero-order valence-electron chi connectivity index (χ0n) is 11.1. The smallest absolute Gasteiger partial charge is 0.308 e. The van der Waals surface area contributed by atoms with Crippen LogP contribution in [0, 0.1) is 0 Å². The van der Waals surface area contributed by atoms with Gasteiger partial charge in [-0.15, -0.1) is 24.8 Å². The number of anilines is 1. The molecule has 0 unspecified atom stereocenters. The van der Waals surface area contributed by atoms with Gasteiger partial charge in [0.05, 0.1) is 0 Å². The highest BCUT2D eigenvalue weighted by atomic mass is 35.5. The normalized spacial score (nSPS) is 18.0. The highest BCUT2D eigenvalue weighted by Gasteiger charge is 2.18. The van der Waals surface area contributed by atoms with Crippen molar-refractivity contribution in [2.75, 3.05) is 24.5 Å². The molecule has 1 aromatic carbocycles. The molecule has 1 aromatic rings. The molecular formula is C13H20Cl2N2O2. The maximum absolute atomic E-state index is 10.9. The lowest BCUT2D eigenvalue weighted by Crippen LogP contribution is -2.49. The van der Waals surface area contributed by atoms with E-state index in [2.05, 4.69) is 23.2 Å². The Labute approximate surface area is 126 Å². The molecule has 6 heteroatoms. The Morgan fingerprint density at radius 1 is 1.42 bits per heavy atom. The number of hydrogen-bond donors (Lipinski definition) is 1. The minimum atomic E-state index is -0.282. The van der Waals surface area contributed by atoms with Gasteiger partial charge in [0.2, 0.25) is 0 Å². The van der Waals surface area contributed by atoms with Gasteiger partial charge >= 0.3 is 5.97 Å². The first-order chi connectivity index (χ1) is 8.16. The summed E-state index contributed by atoms with van der Waals surface area (Å²) in [5, 5.41) is 3.35. The lowest BCUT2D eigenvalue weighted by atomic mass is 10.2. The SMILES string of the molecule is CC(=O)Oc1cccc(N2CCNC[C@H]2C)c1.Cl.Cl. The molecule has 0 amide bonds. The van der Waals surface area contributed by atoms with Crippen molar-refractivity contribution in [1.82, 2.24) is 5.32 Å². The molecule has 108 valence electrons. The fourth-order valence-electron chi connectivity index (χ4n) is 2.12. The van der Waals surface area contributed by atoms with Gasteiger partial charge in [0.15, 0.2) is 0 Å². The molecule has 0 aromatic heterocycles. The van der Waals surface area contributed by atoms with Crippen LogP contribution < -0.4 is 15.0 Å². The highest BCUT2D eigenvalue weighted by molar-refractivity contribution is 5.85. The first kappa shape index (κ1) is 18.0. The van der Waals surface area contributed by atoms with Crippen molar-refractivity contribution >= 4 is 36.5 Å². The maximum Gasteiger partial charge on any atom is 0.308 e. The Hall–Kier alpha value is -0.970. The summed E-state index contributed by atoms with van der Waals surface area (Å²) >= 11 is 0. The maximum atomic E-state index is 10.9. The van der Waals surface area contributed by atoms with Crippen molar-refractivity contribution < 1.29 is 9.53 Å². The molecule has 19 heavy (non-hydrogen) atoms. The van der Waals surface area contributed by atoms with Gasteiger partial charge in [0, 0.05) is 44.4 Å². The van der Waals surface area contributed by atoms with Crippen LogP contribution in [-0.4, -0.2) is 31.6 Å². The van der Waals surface area contributed by atoms with Crippen molar-refractivity contribution in [3.63, 3.8) is 0 Å². The number of nitrogens with zero attached hydrogens (tertiary/aromatic N) is 1. The van der Waals surface area contributed by atoms with Crippen LogP contribution in [-0.2, 0) is 4.79 Å². The average molecular weight is 307 g/mol. The van der Waals surface area contributed by atoms with E-state index in [1.165, 1.54) is 6.92 Å². The molecule has 1 N–H and O–H groups in total. The summed E-state index contributed by atoms with van der Waals surface area (Å²) < 4.78 is 5.10. The van der Waals surface area contributed by atoms with Gasteiger partial charge in [0.25, 0.3) is 0 Å². The zero-order chi connectivity index (χ0) is 12.3. The van der Waals surface area contributed by atoms with E-state index in [1.54, 1.807) is 6.07 Å². The van der Waals surface area contributed by atoms with Crippen molar-refractivity contribution in [3.8, 4) is 5.75 Å². The third kappa shape index (κ3) is 4.90. The van der Waals surface area contributed by atoms with Gasteiger partial charge in [-0.25, -0.2) is 0 Å². The molecule has 1 fully saturated rings. The van der Waals surface area contributed by atoms with E-state index in [4.69, 9.17) is 4.74 Å². The van der Waals surface area contributed by atoms with Crippen LogP contribution in [0.1, 0.15) is 13.8 Å². The third-order valence-corrected chi connectivity index (χ3v) is 2.91. The molecule has 4 nitrogen and oxygen atoms in total. The summed E-state index contributed by atoms with van der Waals surface area (Å²) in [5.74, 6) is 0.330. The van der Waals surface area contributed by atoms with Crippen LogP contribution in [0.3, 0.4) is 0 Å². The Morgan fingerprint density at radius 3 is 2.79 bits per heavy atom. The van der Waals surface area contributed by atoms with Gasteiger partial charge in [-0.1, -0.05) is 6.07 Å². The summed E-state index contributed by atoms with van der Waals surface area (Å²) in [6, 6.07) is 8.15. The first-order valence-electron chi connectivity index (χ1n) is 5.92. The standard InChI is InChI=1S/C13H18N2O2.2ClH/c1-10-9-14-6-7-15(10)12-4-3-5-13(8-12)17-11(2)16;;/h3-5,8,10,14H,6-7,9H2,1-2H3;2*1H/t10-;;/m1../s1. The van der Waals surface area contributed by atoms with Crippen LogP contribution in [0.4, 0.5) is 5.69 Å². The quantitative estimate of drug-likeness (QED) is 0.672. The fraction of sp³-hybridized carbons (Fsp3) is 0.462. The van der Waals surface area contributed by atoms with Gasteiger partial charge < -0.3 is 15.0 Å². The minimum Gasteiger partial charge on any atom is -0.427 e. The number of nitrogens with one attached hydrogen (secondary N) is 1. The molecule has 1 aliphatic heterocycles. The van der Waals surface area contributed by atoms with Gasteiger partial charge in [-0.3, -0.25) is 4.79 Å². The Balaban J connectivity index is 0.00000162. The fourth-order valence-corrected chi connectivity index (χ4v) is 2.12. The number of ether oxygens (including phenoxy) is 1. The van der Waals surface area contributed by atoms with E-state index in [9.17, 15) is 4.79 Å². The van der Waals surface area contributed by atoms with E-state index in [1.807, 2.05) is 12.1 Å². The number of piperazine rings is 1. The monoisotopic (exact) mass is 306 g/mol. The van der Waals surface area contributed by atoms with Crippen molar-refractivity contribution in [2.45, 2.75) is 19.9 Å². The molecule has 1 saturated heterocycles. The van der Waals surface area contributed by atoms with Crippen LogP contribution in [0.2, 0.25) is 0 Å². The number of hydrogen-bond acceptors (Lipinski definition) is 4. The van der Waals surface area contributed by atoms with Crippen LogP contribution in [0.5, 0.6) is 5.75 Å². The second-order valence-electron chi connectivity index (χ2n) is 4.34. The van der Waals surface area contributed by atoms with Crippen molar-refractivity contribution in [2.24, 2.45) is 0 Å². The summed E-state index contributed by atoms with van der Waals surface area (Å²) in [4.78, 5) is 13.2. The van der Waals surface area contributed by atoms with Crippen LogP contribution >= 0.6 is 24.8 Å². The summed E-state index contributed by atoms with van der Waals surface area (Å²) in [6.07, 6.45) is 0. The first-order valence-corrected chi connectivity index (χ1v) is 5.92. The van der Waals surface area contributed by atoms with E-state index >= 15 is 0 Å². The molecule has 0 bridgehead atoms. The number of carbonyl (C=O) groups is 1. The molecule has 2 rings (SSSR count). The number of benzene rings is 1. The topological polar surface area (TPSA) is 41.6 Å². The minimum absolute atomic E-state index is 0. The Bertz CT molecular complexity index is 415. The molecular weight excluding hydrogens is 287 g/mol. The molecule has 0 spiro atoms. The van der Waals surface area contributed by atoms with Crippen molar-refractivity contribution in [1.29, 1.82) is 0 Å². The number of halogens is 2. The van der Waals surface area contributed by atoms with Crippen LogP contribution in [0.25, 0.3) is 0 Å². The summed E-state index contributed by atoms with van der Waals surface area (Å²) in [5.41, 5.74) is 1.11. The van der Waals surface area contributed by atoms with E-state index in [0.717, 1.165) is 25.3 Å². The number of esters is 1. The second-order valence-corrected chi connectivity index (χ2v) is 4.34. The molecule has 1 heterocycles. The Morgan fingerprint density at radius 2 is 2.16 bits per heavy atom. The molecule has 1 aliphatic rings. The predicted molar refractivity (Wildman–Crippen MR) is 81.9 cm³/mol. The van der Waals surface area contributed by atoms with E-state index < -0.39 is 0 Å². The van der Waals surface area contributed by atoms with E-state index in [0.29, 0.717) is 11.8 Å². The predicted octanol–water partition coefficient (Wildman–Crippen LogP) is 2.25. The van der Waals surface area contributed by atoms with Gasteiger partial charge in [-0.2, -0.15) is 0 Å². The average Bonchev–Trinajstić information content (AvgIpc) is 2.29. The zero-order valence-corrected chi connectivity index (χ0v) is 12.7. The number of rotatable bonds is 2. The van der Waals surface area contributed by atoms with Crippen molar-refractivity contribution in [3.05, 3.63) is 24.3 Å². The lowest BCUT2D eigenvalue weighted by molar-refractivity contribution is -0.131. The molecule has 0 radical (unpaired) electrons. The summed E-state index contributed by atoms with van der Waals surface area (Å²) in [6.45, 7) is 6.55. The lowest BCUT2D eigenvalue weighted by Gasteiger charge is -2.36. The molecule has 0 aliphatic carbocycles. The van der Waals surface area contributed by atoms with Gasteiger partial charge in [0.1, 0.15) is 5.75 Å². The molecule has 1 atom stereocenters. The summed E-state index contributed by atoms with van der Waals surface area (Å²) in [7, 11) is 0. The second kappa shape index (κ2) is 8.25. The molecule has 0 saturated carbocycles. The van der Waals surface area contributed by atoms with Gasteiger partial charge in [-0.05, 0) is 19.1 Å². The van der Waals surface area contributed by atoms with Crippen LogP contribution in [0.15, 0.2) is 24.3 Å². The Kier molecular flexibility index (Phi) is 7.83. The largest absolute Gasteiger partial charge is 0.427 e. The van der Waals surface area contributed by atoms with E-state index in [-0.39, 0.29) is 30.8 Å². The third-order valence-electron chi connectivity index (χ3n) is 2.91. The number of carbonyl (C=O) groups excluding carboxylic acids is 1. The highest BCUT2D eigenvalue weighted by Crippen LogP contribution is 2.23.